The molecule has 5 heteroatoms. The standard InChI is InChI=1S/C8H11NO3S/c1-3-12-4-7-9-6(5-13-7)8(10)11-2/h5H,3-4H2,1-2H3. The lowest BCUT2D eigenvalue weighted by molar-refractivity contribution is 0.0594. The van der Waals surface area contributed by atoms with Crippen LogP contribution in [0.1, 0.15) is 22.4 Å². The lowest BCUT2D eigenvalue weighted by Crippen LogP contribution is -2.01. The first-order valence-corrected chi connectivity index (χ1v) is 4.76. The highest BCUT2D eigenvalue weighted by molar-refractivity contribution is 7.09. The Hall–Kier alpha value is -0.940. The van der Waals surface area contributed by atoms with E-state index in [1.807, 2.05) is 6.92 Å². The van der Waals surface area contributed by atoms with Gasteiger partial charge in [-0.25, -0.2) is 9.78 Å². The van der Waals surface area contributed by atoms with Crippen molar-refractivity contribution >= 4 is 17.3 Å². The molecule has 72 valence electrons. The Labute approximate surface area is 80.5 Å². The Morgan fingerprint density at radius 3 is 3.08 bits per heavy atom. The molecule has 0 saturated heterocycles. The third kappa shape index (κ3) is 2.78. The third-order valence-electron chi connectivity index (χ3n) is 1.38. The number of ether oxygens (including phenoxy) is 2. The van der Waals surface area contributed by atoms with Gasteiger partial charge < -0.3 is 9.47 Å². The van der Waals surface area contributed by atoms with Gasteiger partial charge in [0, 0.05) is 12.0 Å². The summed E-state index contributed by atoms with van der Waals surface area (Å²) in [5.74, 6) is -0.404. The molecule has 0 unspecified atom stereocenters. The molecule has 0 bridgehead atoms. The largest absolute Gasteiger partial charge is 0.464 e. The number of esters is 1. The molecule has 1 rings (SSSR count). The molecular formula is C8H11NO3S. The van der Waals surface area contributed by atoms with E-state index < -0.39 is 5.97 Å². The molecule has 0 aliphatic carbocycles. The maximum atomic E-state index is 11.0. The second kappa shape index (κ2) is 4.94. The second-order valence-corrected chi connectivity index (χ2v) is 3.20. The van der Waals surface area contributed by atoms with Gasteiger partial charge in [-0.05, 0) is 6.92 Å². The van der Waals surface area contributed by atoms with Gasteiger partial charge in [0.1, 0.15) is 5.01 Å². The molecule has 1 aromatic heterocycles. The molecule has 0 aromatic carbocycles. The van der Waals surface area contributed by atoms with Crippen LogP contribution < -0.4 is 0 Å². The van der Waals surface area contributed by atoms with Gasteiger partial charge in [0.25, 0.3) is 0 Å². The lowest BCUT2D eigenvalue weighted by Gasteiger charge is -1.94. The fourth-order valence-corrected chi connectivity index (χ4v) is 1.46. The minimum absolute atomic E-state index is 0.349. The topological polar surface area (TPSA) is 48.4 Å². The molecule has 0 aliphatic rings. The maximum Gasteiger partial charge on any atom is 0.357 e. The van der Waals surface area contributed by atoms with Crippen LogP contribution in [0.4, 0.5) is 0 Å². The number of carbonyl (C=O) groups is 1. The molecule has 0 aliphatic heterocycles. The summed E-state index contributed by atoms with van der Waals surface area (Å²) in [6, 6.07) is 0. The van der Waals surface area contributed by atoms with E-state index in [-0.39, 0.29) is 0 Å². The highest BCUT2D eigenvalue weighted by Gasteiger charge is 2.09. The van der Waals surface area contributed by atoms with Gasteiger partial charge in [0.2, 0.25) is 0 Å². The molecule has 0 saturated carbocycles. The Morgan fingerprint density at radius 1 is 1.69 bits per heavy atom. The summed E-state index contributed by atoms with van der Waals surface area (Å²) in [6.07, 6.45) is 0. The van der Waals surface area contributed by atoms with Gasteiger partial charge >= 0.3 is 5.97 Å². The van der Waals surface area contributed by atoms with Crippen molar-refractivity contribution in [1.29, 1.82) is 0 Å². The molecule has 0 spiro atoms. The first kappa shape index (κ1) is 10.1. The zero-order valence-corrected chi connectivity index (χ0v) is 8.39. The number of methoxy groups -OCH3 is 1. The molecule has 0 radical (unpaired) electrons. The third-order valence-corrected chi connectivity index (χ3v) is 2.20. The first-order chi connectivity index (χ1) is 6.27. The quantitative estimate of drug-likeness (QED) is 0.692. The van der Waals surface area contributed by atoms with Gasteiger partial charge in [-0.1, -0.05) is 0 Å². The highest BCUT2D eigenvalue weighted by atomic mass is 32.1. The van der Waals surface area contributed by atoms with Crippen molar-refractivity contribution in [2.24, 2.45) is 0 Å². The minimum Gasteiger partial charge on any atom is -0.464 e. The van der Waals surface area contributed by atoms with Crippen LogP contribution in [0, 0.1) is 0 Å². The molecular weight excluding hydrogens is 190 g/mol. The van der Waals surface area contributed by atoms with Crippen molar-refractivity contribution in [3.63, 3.8) is 0 Å². The number of rotatable bonds is 4. The Balaban J connectivity index is 2.58. The second-order valence-electron chi connectivity index (χ2n) is 2.26. The molecule has 4 nitrogen and oxygen atoms in total. The number of nitrogens with zero attached hydrogens (tertiary/aromatic N) is 1. The predicted molar refractivity (Wildman–Crippen MR) is 48.8 cm³/mol. The van der Waals surface area contributed by atoms with Crippen molar-refractivity contribution in [3.8, 4) is 0 Å². The molecule has 13 heavy (non-hydrogen) atoms. The normalized spacial score (nSPS) is 10.0. The Morgan fingerprint density at radius 2 is 2.46 bits per heavy atom. The van der Waals surface area contributed by atoms with Crippen molar-refractivity contribution in [2.45, 2.75) is 13.5 Å². The van der Waals surface area contributed by atoms with Gasteiger partial charge in [-0.15, -0.1) is 11.3 Å². The monoisotopic (exact) mass is 201 g/mol. The fraction of sp³-hybridized carbons (Fsp3) is 0.500. The van der Waals surface area contributed by atoms with Crippen LogP contribution in [-0.4, -0.2) is 24.7 Å². The van der Waals surface area contributed by atoms with Crippen LogP contribution in [0.5, 0.6) is 0 Å². The summed E-state index contributed by atoms with van der Waals surface area (Å²) in [4.78, 5) is 15.0. The Kier molecular flexibility index (Phi) is 3.85. The van der Waals surface area contributed by atoms with Crippen molar-refractivity contribution in [2.75, 3.05) is 13.7 Å². The van der Waals surface area contributed by atoms with Crippen molar-refractivity contribution < 1.29 is 14.3 Å². The lowest BCUT2D eigenvalue weighted by atomic mass is 10.5. The van der Waals surface area contributed by atoms with Gasteiger partial charge in [0.15, 0.2) is 5.69 Å². The average Bonchev–Trinajstić information content (AvgIpc) is 2.62. The van der Waals surface area contributed by atoms with Crippen LogP contribution in [0.3, 0.4) is 0 Å². The number of hydrogen-bond donors (Lipinski definition) is 0. The van der Waals surface area contributed by atoms with Crippen LogP contribution in [0.2, 0.25) is 0 Å². The number of aromatic nitrogens is 1. The van der Waals surface area contributed by atoms with Crippen molar-refractivity contribution in [1.82, 2.24) is 4.98 Å². The summed E-state index contributed by atoms with van der Waals surface area (Å²) in [6.45, 7) is 3.01. The van der Waals surface area contributed by atoms with E-state index in [0.717, 1.165) is 5.01 Å². The van der Waals surface area contributed by atoms with E-state index in [9.17, 15) is 4.79 Å². The summed E-state index contributed by atoms with van der Waals surface area (Å²) in [5.41, 5.74) is 0.349. The Bertz CT molecular complexity index is 285. The zero-order chi connectivity index (χ0) is 9.68. The van der Waals surface area contributed by atoms with E-state index in [1.165, 1.54) is 18.4 Å². The fourth-order valence-electron chi connectivity index (χ4n) is 0.765. The van der Waals surface area contributed by atoms with Crippen LogP contribution in [-0.2, 0) is 16.1 Å². The summed E-state index contributed by atoms with van der Waals surface area (Å²) >= 11 is 1.40. The van der Waals surface area contributed by atoms with Crippen LogP contribution in [0.15, 0.2) is 5.38 Å². The summed E-state index contributed by atoms with van der Waals surface area (Å²) in [5, 5.41) is 2.46. The van der Waals surface area contributed by atoms with E-state index in [4.69, 9.17) is 4.74 Å². The number of hydrogen-bond acceptors (Lipinski definition) is 5. The minimum atomic E-state index is -0.404. The van der Waals surface area contributed by atoms with Gasteiger partial charge in [0.05, 0.1) is 13.7 Å². The highest BCUT2D eigenvalue weighted by Crippen LogP contribution is 2.11. The molecule has 1 aromatic rings. The first-order valence-electron chi connectivity index (χ1n) is 3.88. The average molecular weight is 201 g/mol. The molecule has 0 fully saturated rings. The van der Waals surface area contributed by atoms with E-state index in [2.05, 4.69) is 9.72 Å². The molecule has 0 atom stereocenters. The van der Waals surface area contributed by atoms with E-state index in [0.29, 0.717) is 18.9 Å². The molecule has 0 amide bonds. The van der Waals surface area contributed by atoms with Crippen LogP contribution in [0.25, 0.3) is 0 Å². The van der Waals surface area contributed by atoms with Crippen LogP contribution >= 0.6 is 11.3 Å². The van der Waals surface area contributed by atoms with Gasteiger partial charge in [-0.2, -0.15) is 0 Å². The van der Waals surface area contributed by atoms with E-state index in [1.54, 1.807) is 5.38 Å². The van der Waals surface area contributed by atoms with Crippen molar-refractivity contribution in [3.05, 3.63) is 16.1 Å². The SMILES string of the molecule is CCOCc1nc(C(=O)OC)cs1. The number of carbonyl (C=O) groups excluding carboxylic acids is 1. The maximum absolute atomic E-state index is 11.0. The van der Waals surface area contributed by atoms with Gasteiger partial charge in [-0.3, -0.25) is 0 Å². The molecule has 1 heterocycles. The smallest absolute Gasteiger partial charge is 0.357 e. The summed E-state index contributed by atoms with van der Waals surface area (Å²) < 4.78 is 9.66. The van der Waals surface area contributed by atoms with E-state index >= 15 is 0 Å². The zero-order valence-electron chi connectivity index (χ0n) is 7.57. The predicted octanol–water partition coefficient (Wildman–Crippen LogP) is 1.47. The molecule has 0 N–H and O–H groups in total. The number of thiazole rings is 1. The summed E-state index contributed by atoms with van der Waals surface area (Å²) in [7, 11) is 1.34.